The topological polar surface area (TPSA) is 85.9 Å². The van der Waals surface area contributed by atoms with Crippen LogP contribution in [-0.4, -0.2) is 25.7 Å². The Bertz CT molecular complexity index is 1170. The highest BCUT2D eigenvalue weighted by atomic mass is 16.7. The summed E-state index contributed by atoms with van der Waals surface area (Å²) in [5.41, 5.74) is 3.12. The van der Waals surface area contributed by atoms with Crippen molar-refractivity contribution in [2.45, 2.75) is 13.0 Å². The molecule has 0 fully saturated rings. The fourth-order valence-corrected chi connectivity index (χ4v) is 3.33. The van der Waals surface area contributed by atoms with E-state index in [2.05, 4.69) is 10.6 Å². The molecule has 1 atom stereocenters. The number of anilines is 1. The molecule has 0 aliphatic carbocycles. The minimum absolute atomic E-state index is 0.185. The molecule has 0 spiro atoms. The first-order valence-corrected chi connectivity index (χ1v) is 10.4. The summed E-state index contributed by atoms with van der Waals surface area (Å²) in [4.78, 5) is 25.8. The van der Waals surface area contributed by atoms with E-state index < -0.39 is 11.9 Å². The predicted molar refractivity (Wildman–Crippen MR) is 125 cm³/mol. The average molecular weight is 444 g/mol. The number of aryl methyl sites for hydroxylation is 1. The third kappa shape index (κ3) is 5.51. The molecule has 1 heterocycles. The van der Waals surface area contributed by atoms with Gasteiger partial charge in [0.2, 0.25) is 12.7 Å². The number of carbonyl (C=O) groups excluding carboxylic acids is 2. The van der Waals surface area contributed by atoms with Crippen molar-refractivity contribution < 1.29 is 23.8 Å². The van der Waals surface area contributed by atoms with Crippen LogP contribution in [-0.2, 0) is 9.59 Å². The van der Waals surface area contributed by atoms with Gasteiger partial charge in [0.05, 0.1) is 7.11 Å². The Kier molecular flexibility index (Phi) is 6.59. The Morgan fingerprint density at radius 1 is 0.970 bits per heavy atom. The van der Waals surface area contributed by atoms with Crippen LogP contribution in [0.15, 0.2) is 72.8 Å². The van der Waals surface area contributed by atoms with Gasteiger partial charge < -0.3 is 24.8 Å². The van der Waals surface area contributed by atoms with Gasteiger partial charge in [-0.2, -0.15) is 0 Å². The van der Waals surface area contributed by atoms with Crippen LogP contribution in [0.25, 0.3) is 6.08 Å². The summed E-state index contributed by atoms with van der Waals surface area (Å²) in [7, 11) is 1.58. The molecule has 0 aromatic heterocycles. The number of methoxy groups -OCH3 is 1. The molecule has 0 bridgehead atoms. The zero-order valence-electron chi connectivity index (χ0n) is 18.3. The van der Waals surface area contributed by atoms with Crippen molar-refractivity contribution in [2.75, 3.05) is 19.2 Å². The summed E-state index contributed by atoms with van der Waals surface area (Å²) < 4.78 is 15.8. The Morgan fingerprint density at radius 2 is 1.70 bits per heavy atom. The van der Waals surface area contributed by atoms with Gasteiger partial charge in [-0.15, -0.1) is 0 Å². The molecule has 3 aromatic carbocycles. The maximum absolute atomic E-state index is 13.1. The van der Waals surface area contributed by atoms with Gasteiger partial charge in [0.15, 0.2) is 11.5 Å². The second-order valence-corrected chi connectivity index (χ2v) is 7.52. The van der Waals surface area contributed by atoms with Crippen LogP contribution in [0.3, 0.4) is 0 Å². The monoisotopic (exact) mass is 444 g/mol. The summed E-state index contributed by atoms with van der Waals surface area (Å²) >= 11 is 0. The predicted octanol–water partition coefficient (Wildman–Crippen LogP) is 4.24. The second kappa shape index (κ2) is 9.91. The van der Waals surface area contributed by atoms with Gasteiger partial charge in [0.1, 0.15) is 11.8 Å². The van der Waals surface area contributed by atoms with Gasteiger partial charge in [-0.1, -0.05) is 35.9 Å². The highest BCUT2D eigenvalue weighted by Crippen LogP contribution is 2.32. The summed E-state index contributed by atoms with van der Waals surface area (Å²) in [5, 5.41) is 5.65. The molecule has 1 aliphatic heterocycles. The van der Waals surface area contributed by atoms with E-state index in [4.69, 9.17) is 14.2 Å². The number of carbonyl (C=O) groups is 2. The lowest BCUT2D eigenvalue weighted by Gasteiger charge is -2.18. The number of hydrogen-bond acceptors (Lipinski definition) is 5. The quantitative estimate of drug-likeness (QED) is 0.533. The van der Waals surface area contributed by atoms with E-state index in [1.54, 1.807) is 49.6 Å². The molecule has 4 rings (SSSR count). The fraction of sp³-hybridized carbons (Fsp3) is 0.154. The summed E-state index contributed by atoms with van der Waals surface area (Å²) in [6, 6.07) is 19.0. The third-order valence-electron chi connectivity index (χ3n) is 5.14. The molecular weight excluding hydrogens is 420 g/mol. The van der Waals surface area contributed by atoms with Crippen LogP contribution >= 0.6 is 0 Å². The highest BCUT2D eigenvalue weighted by Gasteiger charge is 2.22. The molecule has 33 heavy (non-hydrogen) atoms. The molecule has 2 amide bonds. The Balaban J connectivity index is 1.49. The Morgan fingerprint density at radius 3 is 2.42 bits per heavy atom. The average Bonchev–Trinajstić information content (AvgIpc) is 3.30. The van der Waals surface area contributed by atoms with Crippen LogP contribution < -0.4 is 24.8 Å². The normalized spacial score (nSPS) is 12.9. The van der Waals surface area contributed by atoms with Crippen molar-refractivity contribution in [3.8, 4) is 17.2 Å². The lowest BCUT2D eigenvalue weighted by Crippen LogP contribution is -2.36. The van der Waals surface area contributed by atoms with E-state index in [1.807, 2.05) is 37.3 Å². The maximum atomic E-state index is 13.1. The number of benzene rings is 3. The molecule has 2 N–H and O–H groups in total. The first kappa shape index (κ1) is 22.0. The molecule has 0 saturated carbocycles. The third-order valence-corrected chi connectivity index (χ3v) is 5.14. The molecule has 7 nitrogen and oxygen atoms in total. The minimum atomic E-state index is -0.874. The van der Waals surface area contributed by atoms with Crippen molar-refractivity contribution in [1.29, 1.82) is 0 Å². The zero-order chi connectivity index (χ0) is 23.2. The van der Waals surface area contributed by atoms with Gasteiger partial charge in [0, 0.05) is 11.8 Å². The SMILES string of the molecule is COc1ccc(NC(=O)[C@@H](NC(=O)/C=C\c2ccc3c(c2)OCO3)c2ccc(C)cc2)cc1. The van der Waals surface area contributed by atoms with Gasteiger partial charge in [0.25, 0.3) is 5.91 Å². The number of amides is 2. The van der Waals surface area contributed by atoms with E-state index in [0.717, 1.165) is 11.1 Å². The molecular formula is C26H24N2O5. The Labute approximate surface area is 192 Å². The van der Waals surface area contributed by atoms with Crippen LogP contribution in [0.4, 0.5) is 5.69 Å². The van der Waals surface area contributed by atoms with Crippen molar-refractivity contribution >= 4 is 23.6 Å². The van der Waals surface area contributed by atoms with Crippen molar-refractivity contribution in [3.05, 3.63) is 89.5 Å². The number of hydrogen-bond donors (Lipinski definition) is 2. The van der Waals surface area contributed by atoms with E-state index in [0.29, 0.717) is 28.5 Å². The molecule has 0 saturated heterocycles. The van der Waals surface area contributed by atoms with Crippen LogP contribution in [0.1, 0.15) is 22.7 Å². The van der Waals surface area contributed by atoms with Crippen LogP contribution in [0.2, 0.25) is 0 Å². The fourth-order valence-electron chi connectivity index (χ4n) is 3.33. The number of fused-ring (bicyclic) bond motifs is 1. The molecule has 7 heteroatoms. The lowest BCUT2D eigenvalue weighted by atomic mass is 10.0. The van der Waals surface area contributed by atoms with E-state index in [1.165, 1.54) is 6.08 Å². The van der Waals surface area contributed by atoms with Crippen molar-refractivity contribution in [2.24, 2.45) is 0 Å². The summed E-state index contributed by atoms with van der Waals surface area (Å²) in [6.07, 6.45) is 3.05. The van der Waals surface area contributed by atoms with E-state index >= 15 is 0 Å². The lowest BCUT2D eigenvalue weighted by molar-refractivity contribution is -0.123. The smallest absolute Gasteiger partial charge is 0.251 e. The summed E-state index contributed by atoms with van der Waals surface area (Å²) in [6.45, 7) is 2.15. The molecule has 1 aliphatic rings. The largest absolute Gasteiger partial charge is 0.497 e. The van der Waals surface area contributed by atoms with Crippen LogP contribution in [0.5, 0.6) is 17.2 Å². The van der Waals surface area contributed by atoms with Gasteiger partial charge in [-0.25, -0.2) is 0 Å². The van der Waals surface area contributed by atoms with E-state index in [9.17, 15) is 9.59 Å². The Hall–Kier alpha value is -4.26. The molecule has 0 radical (unpaired) electrons. The van der Waals surface area contributed by atoms with Gasteiger partial charge in [-0.05, 0) is 60.5 Å². The highest BCUT2D eigenvalue weighted by molar-refractivity contribution is 6.00. The maximum Gasteiger partial charge on any atom is 0.251 e. The number of rotatable bonds is 7. The van der Waals surface area contributed by atoms with Crippen molar-refractivity contribution in [1.82, 2.24) is 5.32 Å². The molecule has 3 aromatic rings. The number of ether oxygens (including phenoxy) is 3. The molecule has 0 unspecified atom stereocenters. The van der Waals surface area contributed by atoms with E-state index in [-0.39, 0.29) is 12.7 Å². The van der Waals surface area contributed by atoms with Gasteiger partial charge >= 0.3 is 0 Å². The second-order valence-electron chi connectivity index (χ2n) is 7.52. The standard InChI is InChI=1S/C26H24N2O5/c1-17-3-7-19(8-4-17)25(26(30)27-20-9-11-21(31-2)12-10-20)28-24(29)14-6-18-5-13-22-23(15-18)33-16-32-22/h3-15,25H,16H2,1-2H3,(H,27,30)(H,28,29)/b14-6-/t25-/m0/s1. The van der Waals surface area contributed by atoms with Crippen LogP contribution in [0, 0.1) is 6.92 Å². The number of nitrogens with one attached hydrogen (secondary N) is 2. The van der Waals surface area contributed by atoms with Gasteiger partial charge in [-0.3, -0.25) is 9.59 Å². The minimum Gasteiger partial charge on any atom is -0.497 e. The zero-order valence-corrected chi connectivity index (χ0v) is 18.3. The molecule has 168 valence electrons. The van der Waals surface area contributed by atoms with Crippen molar-refractivity contribution in [3.63, 3.8) is 0 Å². The first-order valence-electron chi connectivity index (χ1n) is 10.4. The summed E-state index contributed by atoms with van der Waals surface area (Å²) in [5.74, 6) is 1.24. The first-order chi connectivity index (χ1) is 16.0.